The zero-order valence-electron chi connectivity index (χ0n) is 28.5. The van der Waals surface area contributed by atoms with Gasteiger partial charge in [-0.2, -0.15) is 0 Å². The molecule has 0 aromatic rings. The van der Waals surface area contributed by atoms with Crippen molar-refractivity contribution in [1.29, 1.82) is 0 Å². The number of rotatable bonds is 14. The number of ether oxygens (including phenoxy) is 5. The molecule has 0 spiro atoms. The van der Waals surface area contributed by atoms with Crippen molar-refractivity contribution in [2.45, 2.75) is 145 Å². The van der Waals surface area contributed by atoms with E-state index in [0.717, 1.165) is 0 Å². The van der Waals surface area contributed by atoms with Crippen LogP contribution in [0.3, 0.4) is 0 Å². The third-order valence-corrected chi connectivity index (χ3v) is 8.54. The van der Waals surface area contributed by atoms with Crippen molar-refractivity contribution in [2.24, 2.45) is 11.5 Å². The van der Waals surface area contributed by atoms with Crippen LogP contribution in [0.2, 0.25) is 0 Å². The average Bonchev–Trinajstić information content (AvgIpc) is 2.98. The van der Waals surface area contributed by atoms with Crippen LogP contribution in [0.1, 0.15) is 66.2 Å². The molecular weight excluding hydrogens is 634 g/mol. The van der Waals surface area contributed by atoms with Crippen LogP contribution in [0, 0.1) is 0 Å². The molecule has 3 rings (SSSR count). The number of carbonyl (C=O) groups excluding carboxylic acids is 2. The van der Waals surface area contributed by atoms with E-state index in [-0.39, 0.29) is 32.6 Å². The lowest BCUT2D eigenvalue weighted by Gasteiger charge is -2.49. The van der Waals surface area contributed by atoms with Crippen molar-refractivity contribution in [3.63, 3.8) is 0 Å². The molecule has 2 amide bonds. The summed E-state index contributed by atoms with van der Waals surface area (Å²) in [5.41, 5.74) is 9.84. The molecule has 2 aliphatic heterocycles. The Morgan fingerprint density at radius 3 is 2.42 bits per heavy atom. The number of unbranched alkanes of at least 4 members (excludes halogenated alkanes) is 1. The largest absolute Gasteiger partial charge is 0.467 e. The first-order chi connectivity index (χ1) is 22.5. The maximum atomic E-state index is 12.8. The van der Waals surface area contributed by atoms with Crippen LogP contribution in [0.15, 0.2) is 11.8 Å². The van der Waals surface area contributed by atoms with Gasteiger partial charge >= 0.3 is 6.09 Å². The smallest absolute Gasteiger partial charge is 0.408 e. The number of hydrogen-bond acceptors (Lipinski definition) is 15. The van der Waals surface area contributed by atoms with Crippen LogP contribution in [-0.4, -0.2) is 143 Å². The molecule has 0 radical (unpaired) electrons. The molecule has 2 heterocycles. The van der Waals surface area contributed by atoms with Crippen molar-refractivity contribution in [3.8, 4) is 0 Å². The van der Waals surface area contributed by atoms with E-state index in [1.165, 1.54) is 6.92 Å². The summed E-state index contributed by atoms with van der Waals surface area (Å²) in [6.07, 6.45) is -6.20. The van der Waals surface area contributed by atoms with Crippen LogP contribution in [0.4, 0.5) is 4.79 Å². The molecule has 48 heavy (non-hydrogen) atoms. The highest BCUT2D eigenvalue weighted by Crippen LogP contribution is 2.33. The summed E-state index contributed by atoms with van der Waals surface area (Å²) in [7, 11) is 1.56. The molecule has 0 aromatic heterocycles. The molecule has 3 aliphatic rings. The molecule has 2 fully saturated rings. The highest BCUT2D eigenvalue weighted by atomic mass is 16.7. The number of aliphatic hydroxyl groups is 5. The Kier molecular flexibility index (Phi) is 14.8. The molecule has 17 heteroatoms. The number of amides is 2. The fourth-order valence-electron chi connectivity index (χ4n) is 6.11. The minimum atomic E-state index is -1.55. The Bertz CT molecular complexity index is 1070. The van der Waals surface area contributed by atoms with Gasteiger partial charge in [0.05, 0.1) is 30.5 Å². The molecule has 1 aliphatic carbocycles. The third kappa shape index (κ3) is 10.9. The second kappa shape index (κ2) is 17.7. The van der Waals surface area contributed by atoms with Crippen LogP contribution < -0.4 is 27.4 Å². The van der Waals surface area contributed by atoms with Gasteiger partial charge in [-0.05, 0) is 79.5 Å². The van der Waals surface area contributed by atoms with E-state index in [2.05, 4.69) is 16.0 Å². The fourth-order valence-corrected chi connectivity index (χ4v) is 6.11. The normalized spacial score (nSPS) is 36.4. The first-order valence-corrected chi connectivity index (χ1v) is 16.6. The number of hydrogen-bond donors (Lipinski definition) is 10. The quantitative estimate of drug-likeness (QED) is 0.0865. The molecule has 17 nitrogen and oxygen atoms in total. The van der Waals surface area contributed by atoms with E-state index in [1.807, 2.05) is 6.08 Å². The number of nitrogens with one attached hydrogen (secondary N) is 3. The summed E-state index contributed by atoms with van der Waals surface area (Å²) < 4.78 is 29.7. The van der Waals surface area contributed by atoms with Crippen molar-refractivity contribution < 1.29 is 58.8 Å². The van der Waals surface area contributed by atoms with Gasteiger partial charge in [-0.25, -0.2) is 4.79 Å². The Hall–Kier alpha value is -2.16. The lowest BCUT2D eigenvalue weighted by Crippen LogP contribution is -2.69. The summed E-state index contributed by atoms with van der Waals surface area (Å²) in [4.78, 5) is 25.6. The molecule has 12 N–H and O–H groups in total. The number of nitrogens with two attached hydrogens (primary N) is 2. The first kappa shape index (κ1) is 40.3. The fraction of sp³-hybridized carbons (Fsp3) is 0.871. The second-order valence-corrected chi connectivity index (χ2v) is 13.9. The van der Waals surface area contributed by atoms with Gasteiger partial charge in [-0.15, -0.1) is 0 Å². The summed E-state index contributed by atoms with van der Waals surface area (Å²) in [5.74, 6) is -0.181. The van der Waals surface area contributed by atoms with Crippen LogP contribution in [-0.2, 0) is 28.5 Å². The minimum Gasteiger partial charge on any atom is -0.467 e. The number of likely N-dealkylation sites (N-methyl/N-ethyl adjacent to an activating group) is 1. The second-order valence-electron chi connectivity index (χ2n) is 13.9. The van der Waals surface area contributed by atoms with E-state index in [1.54, 1.807) is 27.8 Å². The molecule has 12 atom stereocenters. The minimum absolute atomic E-state index is 0.000454. The highest BCUT2D eigenvalue weighted by Gasteiger charge is 2.52. The average molecular weight is 692 g/mol. The highest BCUT2D eigenvalue weighted by molar-refractivity contribution is 5.80. The van der Waals surface area contributed by atoms with Gasteiger partial charge in [0.25, 0.3) is 0 Å². The maximum Gasteiger partial charge on any atom is 0.408 e. The predicted molar refractivity (Wildman–Crippen MR) is 171 cm³/mol. The Morgan fingerprint density at radius 1 is 1.10 bits per heavy atom. The summed E-state index contributed by atoms with van der Waals surface area (Å²) in [6.45, 7) is 6.54. The number of aliphatic hydroxyl groups excluding tert-OH is 4. The monoisotopic (exact) mass is 691 g/mol. The van der Waals surface area contributed by atoms with E-state index >= 15 is 0 Å². The Morgan fingerprint density at radius 2 is 1.79 bits per heavy atom. The van der Waals surface area contributed by atoms with Crippen LogP contribution in [0.5, 0.6) is 0 Å². The SMILES string of the molecule is CNC1C(O)C(OC2C(NC(=O)C(O)CCN)CC(N)C(OC3OC(CCCCO)=CCC3NC(=O)OC(C)(C)C)C2O)OCC1(C)O. The number of carbonyl (C=O) groups is 2. The van der Waals surface area contributed by atoms with Gasteiger partial charge in [0.15, 0.2) is 6.29 Å². The van der Waals surface area contributed by atoms with Crippen molar-refractivity contribution in [3.05, 3.63) is 11.8 Å². The molecule has 12 unspecified atom stereocenters. The van der Waals surface area contributed by atoms with E-state index < -0.39 is 90.5 Å². The van der Waals surface area contributed by atoms with Crippen LogP contribution >= 0.6 is 0 Å². The lowest BCUT2D eigenvalue weighted by molar-refractivity contribution is -0.304. The van der Waals surface area contributed by atoms with E-state index in [9.17, 15) is 35.1 Å². The molecule has 0 bridgehead atoms. The standard InChI is InChI=1S/C31H57N5O12/c1-30(2,3)48-29(42)36-18-10-9-16(8-6-7-13-37)45-27(18)46-23-17(33)14-19(35-26(41)20(38)11-12-32)24(21(23)39)47-28-22(40)25(34-5)31(4,43)15-44-28/h9,17-25,27-28,34,37-40,43H,6-8,10-15,32-33H2,1-5H3,(H,35,41)(H,36,42). The van der Waals surface area contributed by atoms with Gasteiger partial charge in [-0.1, -0.05) is 0 Å². The summed E-state index contributed by atoms with van der Waals surface area (Å²) in [6, 6.07) is -3.49. The number of allylic oxidation sites excluding steroid dienone is 1. The van der Waals surface area contributed by atoms with Gasteiger partial charge in [0, 0.05) is 19.1 Å². The van der Waals surface area contributed by atoms with Crippen molar-refractivity contribution in [1.82, 2.24) is 16.0 Å². The Balaban J connectivity index is 1.87. The summed E-state index contributed by atoms with van der Waals surface area (Å²) >= 11 is 0. The zero-order chi connectivity index (χ0) is 35.8. The zero-order valence-corrected chi connectivity index (χ0v) is 28.5. The van der Waals surface area contributed by atoms with Gasteiger partial charge in [0.1, 0.15) is 41.7 Å². The Labute approximate surface area is 281 Å². The van der Waals surface area contributed by atoms with Crippen LogP contribution in [0.25, 0.3) is 0 Å². The van der Waals surface area contributed by atoms with Gasteiger partial charge in [0.2, 0.25) is 12.2 Å². The number of alkyl carbamates (subject to hydrolysis) is 1. The van der Waals surface area contributed by atoms with Crippen molar-refractivity contribution in [2.75, 3.05) is 26.8 Å². The summed E-state index contributed by atoms with van der Waals surface area (Å²) in [5, 5.41) is 61.3. The molecule has 1 saturated heterocycles. The van der Waals surface area contributed by atoms with Crippen molar-refractivity contribution >= 4 is 12.0 Å². The van der Waals surface area contributed by atoms with Gasteiger partial charge in [-0.3, -0.25) is 4.79 Å². The topological polar surface area (TPSA) is 270 Å². The maximum absolute atomic E-state index is 12.8. The first-order valence-electron chi connectivity index (χ1n) is 16.6. The predicted octanol–water partition coefficient (Wildman–Crippen LogP) is -2.21. The molecule has 1 saturated carbocycles. The van der Waals surface area contributed by atoms with E-state index in [0.29, 0.717) is 31.4 Å². The molecule has 0 aromatic carbocycles. The van der Waals surface area contributed by atoms with Gasteiger partial charge < -0.3 is 76.6 Å². The van der Waals surface area contributed by atoms with E-state index in [4.69, 9.17) is 35.2 Å². The molecule has 278 valence electrons. The molecular formula is C31H57N5O12. The third-order valence-electron chi connectivity index (χ3n) is 8.54. The lowest BCUT2D eigenvalue weighted by atomic mass is 9.83.